The Morgan fingerprint density at radius 1 is 1.03 bits per heavy atom. The molecule has 214 valence electrons. The number of nitrogens with one attached hydrogen (secondary N) is 1. The van der Waals surface area contributed by atoms with Crippen molar-refractivity contribution in [1.29, 1.82) is 0 Å². The highest BCUT2D eigenvalue weighted by atomic mass is 19.4. The maximum Gasteiger partial charge on any atom is 0.573 e. The molecule has 2 N–H and O–H groups in total. The van der Waals surface area contributed by atoms with Crippen molar-refractivity contribution >= 4 is 22.7 Å². The van der Waals surface area contributed by atoms with Crippen LogP contribution < -0.4 is 10.1 Å². The highest BCUT2D eigenvalue weighted by Gasteiger charge is 2.40. The predicted octanol–water partition coefficient (Wildman–Crippen LogP) is 8.40. The number of ether oxygens (including phenoxy) is 1. The minimum atomic E-state index is -4.81. The molecule has 2 atom stereocenters. The number of rotatable bonds is 7. The van der Waals surface area contributed by atoms with Gasteiger partial charge in [-0.2, -0.15) is 0 Å². The van der Waals surface area contributed by atoms with Crippen molar-refractivity contribution in [2.24, 2.45) is 10.8 Å². The topological polar surface area (TPSA) is 59.3 Å². The zero-order valence-electron chi connectivity index (χ0n) is 22.4. The Labute approximate surface area is 223 Å². The van der Waals surface area contributed by atoms with Crippen molar-refractivity contribution in [3.8, 4) is 5.75 Å². The average molecular weight is 558 g/mol. The fourth-order valence-electron chi connectivity index (χ4n) is 6.19. The van der Waals surface area contributed by atoms with Crippen LogP contribution in [-0.2, 0) is 0 Å². The van der Waals surface area contributed by atoms with Gasteiger partial charge in [-0.3, -0.25) is 0 Å². The second-order valence-electron chi connectivity index (χ2n) is 12.0. The van der Waals surface area contributed by atoms with E-state index in [1.807, 2.05) is 4.57 Å². The van der Waals surface area contributed by atoms with E-state index in [0.29, 0.717) is 28.2 Å². The molecule has 1 aliphatic carbocycles. The normalized spacial score (nSPS) is 19.3. The minimum absolute atomic E-state index is 0.000748. The van der Waals surface area contributed by atoms with Crippen molar-refractivity contribution in [2.45, 2.75) is 85.0 Å². The first kappa shape index (κ1) is 29.0. The number of halogens is 6. The van der Waals surface area contributed by atoms with E-state index >= 15 is 0 Å². The van der Waals surface area contributed by atoms with Gasteiger partial charge in [0.15, 0.2) is 6.17 Å². The lowest BCUT2D eigenvalue weighted by molar-refractivity contribution is -0.274. The van der Waals surface area contributed by atoms with Crippen LogP contribution in [0.3, 0.4) is 0 Å². The Balaban J connectivity index is 1.80. The quantitative estimate of drug-likeness (QED) is 0.287. The van der Waals surface area contributed by atoms with Gasteiger partial charge in [-0.05, 0) is 84.5 Å². The van der Waals surface area contributed by atoms with Crippen molar-refractivity contribution in [2.75, 3.05) is 5.32 Å². The van der Waals surface area contributed by atoms with E-state index in [2.05, 4.69) is 42.7 Å². The van der Waals surface area contributed by atoms with E-state index in [4.69, 9.17) is 0 Å². The van der Waals surface area contributed by atoms with Crippen LogP contribution in [0.25, 0.3) is 11.0 Å². The Kier molecular flexibility index (Phi) is 7.61. The van der Waals surface area contributed by atoms with Crippen LogP contribution in [0.15, 0.2) is 36.4 Å². The lowest BCUT2D eigenvalue weighted by Crippen LogP contribution is -2.35. The summed E-state index contributed by atoms with van der Waals surface area (Å²) in [6.45, 7) is 10.4. The van der Waals surface area contributed by atoms with Crippen molar-refractivity contribution in [1.82, 2.24) is 9.55 Å². The van der Waals surface area contributed by atoms with E-state index in [1.165, 1.54) is 30.3 Å². The molecule has 0 saturated heterocycles. The molecular weight excluding hydrogens is 524 g/mol. The van der Waals surface area contributed by atoms with Crippen LogP contribution in [0.5, 0.6) is 5.75 Å². The molecule has 11 heteroatoms. The summed E-state index contributed by atoms with van der Waals surface area (Å²) in [5, 5.41) is 13.5. The molecule has 1 unspecified atom stereocenters. The highest BCUT2D eigenvalue weighted by Crippen LogP contribution is 2.51. The van der Waals surface area contributed by atoms with Gasteiger partial charge >= 0.3 is 6.36 Å². The lowest BCUT2D eigenvalue weighted by Gasteiger charge is -2.45. The number of aliphatic hydroxyl groups excluding tert-OH is 1. The predicted molar refractivity (Wildman–Crippen MR) is 137 cm³/mol. The maximum absolute atomic E-state index is 14.0. The number of fused-ring (bicyclic) bond motifs is 1. The monoisotopic (exact) mass is 557 g/mol. The van der Waals surface area contributed by atoms with Gasteiger partial charge in [-0.1, -0.05) is 27.7 Å². The number of aromatic nitrogens is 2. The molecule has 0 amide bonds. The number of hydrogen-bond acceptors (Lipinski definition) is 4. The number of anilines is 2. The molecule has 0 radical (unpaired) electrons. The van der Waals surface area contributed by atoms with E-state index in [0.717, 1.165) is 19.3 Å². The second-order valence-corrected chi connectivity index (χ2v) is 12.0. The van der Waals surface area contributed by atoms with Crippen LogP contribution >= 0.6 is 0 Å². The lowest BCUT2D eigenvalue weighted by atomic mass is 9.63. The summed E-state index contributed by atoms with van der Waals surface area (Å²) in [4.78, 5) is 4.67. The van der Waals surface area contributed by atoms with Crippen LogP contribution in [0.4, 0.5) is 38.0 Å². The standard InChI is InChI=1S/C28H33F6N3O2/c1-15-10-21-20(11-19(15)23(38)22(29)24(30)31)36-25(35-16-6-8-18(9-7-16)39-28(32,33)34)37(21)17-12-26(2,3)14-27(4,5)13-17/h6-11,17,22-24,38H,12-14H2,1-5H3,(H,35,36)/t22?,23-/m0/s1. The number of aliphatic hydroxyl groups is 1. The number of alkyl halides is 6. The van der Waals surface area contributed by atoms with Gasteiger partial charge in [0.25, 0.3) is 6.43 Å². The zero-order chi connectivity index (χ0) is 28.9. The number of benzene rings is 2. The van der Waals surface area contributed by atoms with Crippen molar-refractivity contribution in [3.05, 3.63) is 47.5 Å². The van der Waals surface area contributed by atoms with Crippen molar-refractivity contribution < 1.29 is 36.2 Å². The summed E-state index contributed by atoms with van der Waals surface area (Å²) < 4.78 is 83.7. The molecule has 0 spiro atoms. The number of aryl methyl sites for hydroxylation is 1. The molecule has 1 aliphatic rings. The van der Waals surface area contributed by atoms with E-state index < -0.39 is 25.1 Å². The molecule has 3 aromatic rings. The molecule has 1 heterocycles. The highest BCUT2D eigenvalue weighted by molar-refractivity contribution is 5.82. The fraction of sp³-hybridized carbons (Fsp3) is 0.536. The number of imidazole rings is 1. The van der Waals surface area contributed by atoms with Gasteiger partial charge in [-0.25, -0.2) is 18.2 Å². The smallest absolute Gasteiger partial charge is 0.406 e. The number of hydrogen-bond donors (Lipinski definition) is 2. The zero-order valence-corrected chi connectivity index (χ0v) is 22.4. The molecule has 1 aromatic heterocycles. The summed E-state index contributed by atoms with van der Waals surface area (Å²) in [5.41, 5.74) is 1.96. The summed E-state index contributed by atoms with van der Waals surface area (Å²) >= 11 is 0. The van der Waals surface area contributed by atoms with E-state index in [1.54, 1.807) is 13.0 Å². The van der Waals surface area contributed by atoms with Gasteiger partial charge in [0.2, 0.25) is 5.95 Å². The molecule has 2 aromatic carbocycles. The molecule has 1 fully saturated rings. The molecule has 5 nitrogen and oxygen atoms in total. The first-order valence-electron chi connectivity index (χ1n) is 12.7. The third-order valence-corrected chi connectivity index (χ3v) is 7.18. The van der Waals surface area contributed by atoms with Gasteiger partial charge < -0.3 is 19.7 Å². The van der Waals surface area contributed by atoms with Gasteiger partial charge in [0.1, 0.15) is 11.9 Å². The van der Waals surface area contributed by atoms with E-state index in [9.17, 15) is 31.4 Å². The molecular formula is C28H33F6N3O2. The van der Waals surface area contributed by atoms with Gasteiger partial charge in [0.05, 0.1) is 11.0 Å². The fourth-order valence-corrected chi connectivity index (χ4v) is 6.19. The van der Waals surface area contributed by atoms with Crippen molar-refractivity contribution in [3.63, 3.8) is 0 Å². The molecule has 4 rings (SSSR count). The summed E-state index contributed by atoms with van der Waals surface area (Å²) in [6.07, 6.45) is -10.3. The van der Waals surface area contributed by atoms with Gasteiger partial charge in [-0.15, -0.1) is 13.2 Å². The van der Waals surface area contributed by atoms with Crippen LogP contribution in [0, 0.1) is 17.8 Å². The van der Waals surface area contributed by atoms with Crippen LogP contribution in [0.1, 0.15) is 70.2 Å². The number of nitrogens with zero attached hydrogens (tertiary/aromatic N) is 2. The maximum atomic E-state index is 14.0. The minimum Gasteiger partial charge on any atom is -0.406 e. The Hall–Kier alpha value is -2.95. The Bertz CT molecular complexity index is 1300. The Morgan fingerprint density at radius 3 is 2.15 bits per heavy atom. The summed E-state index contributed by atoms with van der Waals surface area (Å²) in [7, 11) is 0. The largest absolute Gasteiger partial charge is 0.573 e. The second kappa shape index (κ2) is 10.2. The Morgan fingerprint density at radius 2 is 1.62 bits per heavy atom. The third kappa shape index (κ3) is 6.62. The molecule has 0 aliphatic heterocycles. The van der Waals surface area contributed by atoms with E-state index in [-0.39, 0.29) is 28.2 Å². The van der Waals surface area contributed by atoms with Crippen LogP contribution in [-0.4, -0.2) is 33.6 Å². The van der Waals surface area contributed by atoms with Crippen LogP contribution in [0.2, 0.25) is 0 Å². The summed E-state index contributed by atoms with van der Waals surface area (Å²) in [5.74, 6) is 0.0241. The average Bonchev–Trinajstić information content (AvgIpc) is 3.12. The molecule has 0 bridgehead atoms. The van der Waals surface area contributed by atoms with Gasteiger partial charge in [0, 0.05) is 11.7 Å². The SMILES string of the molecule is Cc1cc2c(cc1[C@H](O)C(F)C(F)F)nc(Nc1ccc(OC(F)(F)F)cc1)n2C1CC(C)(C)CC(C)(C)C1. The first-order valence-corrected chi connectivity index (χ1v) is 12.7. The molecule has 39 heavy (non-hydrogen) atoms. The molecule has 1 saturated carbocycles. The third-order valence-electron chi connectivity index (χ3n) is 7.18. The summed E-state index contributed by atoms with van der Waals surface area (Å²) in [6, 6.07) is 8.33. The first-order chi connectivity index (χ1) is 17.9.